The van der Waals surface area contributed by atoms with Gasteiger partial charge in [-0.3, -0.25) is 4.90 Å². The highest BCUT2D eigenvalue weighted by atomic mass is 79.9. The topological polar surface area (TPSA) is 23.5 Å². The van der Waals surface area contributed by atoms with Gasteiger partial charge in [0.1, 0.15) is 11.8 Å². The van der Waals surface area contributed by atoms with E-state index in [9.17, 15) is 5.11 Å². The average Bonchev–Trinajstić information content (AvgIpc) is 3.06. The third-order valence-corrected chi connectivity index (χ3v) is 4.94. The summed E-state index contributed by atoms with van der Waals surface area (Å²) in [5, 5.41) is 10.3. The van der Waals surface area contributed by atoms with Gasteiger partial charge in [0.2, 0.25) is 0 Å². The highest BCUT2D eigenvalue weighted by Crippen LogP contribution is 2.33. The minimum Gasteiger partial charge on any atom is -0.508 e. The molecule has 2 nitrogen and oxygen atoms in total. The molecule has 1 N–H and O–H groups in total. The molecule has 0 amide bonds. The van der Waals surface area contributed by atoms with Gasteiger partial charge in [0.05, 0.1) is 0 Å². The van der Waals surface area contributed by atoms with E-state index in [-0.39, 0.29) is 6.04 Å². The maximum atomic E-state index is 10.3. The summed E-state index contributed by atoms with van der Waals surface area (Å²) in [7, 11) is 0. The monoisotopic (exact) mass is 359 g/mol. The summed E-state index contributed by atoms with van der Waals surface area (Å²) in [6.07, 6.45) is 9.50. The zero-order chi connectivity index (χ0) is 15.4. The van der Waals surface area contributed by atoms with Gasteiger partial charge in [-0.1, -0.05) is 33.8 Å². The van der Waals surface area contributed by atoms with Crippen molar-refractivity contribution < 1.29 is 5.11 Å². The van der Waals surface area contributed by atoms with Gasteiger partial charge < -0.3 is 5.11 Å². The van der Waals surface area contributed by atoms with Crippen molar-refractivity contribution in [1.82, 2.24) is 4.90 Å². The Kier molecular flexibility index (Phi) is 5.23. The van der Waals surface area contributed by atoms with Crippen LogP contribution in [0, 0.1) is 11.8 Å². The molecule has 1 atom stereocenters. The third kappa shape index (κ3) is 3.74. The summed E-state index contributed by atoms with van der Waals surface area (Å²) in [6, 6.07) is 5.62. The fourth-order valence-electron chi connectivity index (χ4n) is 3.22. The normalized spacial score (nSPS) is 20.1. The van der Waals surface area contributed by atoms with E-state index in [0.717, 1.165) is 36.0 Å². The predicted molar refractivity (Wildman–Crippen MR) is 93.7 cm³/mol. The zero-order valence-electron chi connectivity index (χ0n) is 12.8. The van der Waals surface area contributed by atoms with Gasteiger partial charge in [-0.15, -0.1) is 0 Å². The molecule has 2 aliphatic rings. The molecule has 1 unspecified atom stereocenters. The molecule has 1 aliphatic carbocycles. The van der Waals surface area contributed by atoms with Crippen LogP contribution >= 0.6 is 15.9 Å². The first kappa shape index (κ1) is 15.6. The van der Waals surface area contributed by atoms with Crippen LogP contribution in [0.3, 0.4) is 0 Å². The number of allylic oxidation sites excluding steroid dienone is 2. The number of rotatable bonds is 2. The maximum Gasteiger partial charge on any atom is 0.121 e. The van der Waals surface area contributed by atoms with Gasteiger partial charge in [-0.25, -0.2) is 0 Å². The Balaban J connectivity index is 1.91. The number of halogens is 1. The Morgan fingerprint density at radius 1 is 1.14 bits per heavy atom. The van der Waals surface area contributed by atoms with Crippen LogP contribution in [0.25, 0.3) is 0 Å². The van der Waals surface area contributed by atoms with Gasteiger partial charge in [0.25, 0.3) is 0 Å². The minimum absolute atomic E-state index is 0.0113. The lowest BCUT2D eigenvalue weighted by Crippen LogP contribution is -2.24. The smallest absolute Gasteiger partial charge is 0.121 e. The molecule has 1 aromatic rings. The largest absolute Gasteiger partial charge is 0.508 e. The number of hydrogen-bond donors (Lipinski definition) is 1. The lowest BCUT2D eigenvalue weighted by atomic mass is 9.98. The molecule has 0 spiro atoms. The summed E-state index contributed by atoms with van der Waals surface area (Å²) in [5.41, 5.74) is 2.19. The summed E-state index contributed by atoms with van der Waals surface area (Å²) < 4.78 is 0.989. The molecule has 0 radical (unpaired) electrons. The molecule has 3 rings (SSSR count). The van der Waals surface area contributed by atoms with Crippen LogP contribution in [-0.4, -0.2) is 23.1 Å². The molecule has 1 saturated heterocycles. The van der Waals surface area contributed by atoms with Crippen LogP contribution in [0.2, 0.25) is 0 Å². The number of benzene rings is 1. The van der Waals surface area contributed by atoms with Crippen LogP contribution < -0.4 is 0 Å². The van der Waals surface area contributed by atoms with Crippen molar-refractivity contribution in [2.75, 3.05) is 13.1 Å². The van der Waals surface area contributed by atoms with Crippen LogP contribution in [0.15, 0.2) is 34.3 Å². The molecular formula is C19H22BrNO. The Hall–Kier alpha value is -1.24. The molecule has 22 heavy (non-hydrogen) atoms. The number of nitrogens with zero attached hydrogens (tertiary/aromatic N) is 1. The average molecular weight is 360 g/mol. The van der Waals surface area contributed by atoms with Crippen LogP contribution in [0.4, 0.5) is 0 Å². The fourth-order valence-corrected chi connectivity index (χ4v) is 3.60. The molecular weight excluding hydrogens is 338 g/mol. The molecule has 0 saturated carbocycles. The van der Waals surface area contributed by atoms with Gasteiger partial charge in [-0.2, -0.15) is 0 Å². The quantitative estimate of drug-likeness (QED) is 0.766. The van der Waals surface area contributed by atoms with Gasteiger partial charge in [0, 0.05) is 10.0 Å². The van der Waals surface area contributed by atoms with Gasteiger partial charge in [0.15, 0.2) is 0 Å². The Morgan fingerprint density at radius 2 is 1.95 bits per heavy atom. The molecule has 1 aliphatic heterocycles. The number of likely N-dealkylation sites (tertiary alicyclic amines) is 1. The lowest BCUT2D eigenvalue weighted by Gasteiger charge is -2.24. The van der Waals surface area contributed by atoms with E-state index < -0.39 is 0 Å². The summed E-state index contributed by atoms with van der Waals surface area (Å²) in [4.78, 5) is 2.39. The molecule has 116 valence electrons. The first-order chi connectivity index (χ1) is 10.7. The number of phenolic OH excluding ortho intramolecular Hbond substituents is 1. The fraction of sp³-hybridized carbons (Fsp3) is 0.474. The highest BCUT2D eigenvalue weighted by Gasteiger charge is 2.24. The van der Waals surface area contributed by atoms with Crippen molar-refractivity contribution in [2.24, 2.45) is 0 Å². The predicted octanol–water partition coefficient (Wildman–Crippen LogP) is 4.80. The van der Waals surface area contributed by atoms with Crippen molar-refractivity contribution >= 4 is 15.9 Å². The Labute approximate surface area is 141 Å². The molecule has 1 heterocycles. The Bertz CT molecular complexity index is 620. The first-order valence-electron chi connectivity index (χ1n) is 8.17. The van der Waals surface area contributed by atoms with Gasteiger partial charge >= 0.3 is 0 Å². The Morgan fingerprint density at radius 3 is 2.68 bits per heavy atom. The van der Waals surface area contributed by atoms with E-state index in [4.69, 9.17) is 0 Å². The second kappa shape index (κ2) is 7.35. The lowest BCUT2D eigenvalue weighted by molar-refractivity contribution is 0.290. The van der Waals surface area contributed by atoms with E-state index in [1.54, 1.807) is 6.07 Å². The van der Waals surface area contributed by atoms with Crippen molar-refractivity contribution in [2.45, 2.75) is 44.6 Å². The number of aromatic hydroxyl groups is 1. The minimum atomic E-state index is -0.0113. The molecule has 1 aromatic carbocycles. The SMILES string of the molecule is Oc1ccc(Br)cc1C(C#CC1=CCCCC1)N1CCCC1. The second-order valence-corrected chi connectivity index (χ2v) is 7.01. The number of phenols is 1. The highest BCUT2D eigenvalue weighted by molar-refractivity contribution is 9.10. The van der Waals surface area contributed by atoms with E-state index in [2.05, 4.69) is 38.7 Å². The van der Waals surface area contributed by atoms with Gasteiger partial charge in [-0.05, 0) is 75.4 Å². The van der Waals surface area contributed by atoms with Crippen molar-refractivity contribution in [3.8, 4) is 17.6 Å². The van der Waals surface area contributed by atoms with Crippen LogP contribution in [0.5, 0.6) is 5.75 Å². The van der Waals surface area contributed by atoms with Crippen molar-refractivity contribution in [1.29, 1.82) is 0 Å². The first-order valence-corrected chi connectivity index (χ1v) is 8.96. The summed E-state index contributed by atoms with van der Waals surface area (Å²) in [5.74, 6) is 7.17. The van der Waals surface area contributed by atoms with Crippen LogP contribution in [0.1, 0.15) is 50.1 Å². The number of hydrogen-bond acceptors (Lipinski definition) is 2. The molecule has 3 heteroatoms. The van der Waals surface area contributed by atoms with Crippen LogP contribution in [-0.2, 0) is 0 Å². The summed E-state index contributed by atoms with van der Waals surface area (Å²) in [6.45, 7) is 2.12. The van der Waals surface area contributed by atoms with E-state index in [0.29, 0.717) is 5.75 Å². The zero-order valence-corrected chi connectivity index (χ0v) is 14.4. The molecule has 0 aromatic heterocycles. The second-order valence-electron chi connectivity index (χ2n) is 6.09. The van der Waals surface area contributed by atoms with Crippen molar-refractivity contribution in [3.05, 3.63) is 39.9 Å². The van der Waals surface area contributed by atoms with E-state index in [1.807, 2.05) is 12.1 Å². The maximum absolute atomic E-state index is 10.3. The standard InChI is InChI=1S/C19H22BrNO/c20-16-9-11-19(22)17(14-16)18(21-12-4-5-13-21)10-8-15-6-2-1-3-7-15/h6,9,11,14,18,22H,1-5,7,12-13H2. The van der Waals surface area contributed by atoms with E-state index in [1.165, 1.54) is 31.3 Å². The van der Waals surface area contributed by atoms with E-state index >= 15 is 0 Å². The van der Waals surface area contributed by atoms with Crippen molar-refractivity contribution in [3.63, 3.8) is 0 Å². The molecule has 0 bridgehead atoms. The third-order valence-electron chi connectivity index (χ3n) is 4.45. The summed E-state index contributed by atoms with van der Waals surface area (Å²) >= 11 is 3.51. The molecule has 1 fully saturated rings.